The largest absolute Gasteiger partial charge is 0.349 e. The van der Waals surface area contributed by atoms with E-state index in [4.69, 9.17) is 16.3 Å². The molecule has 8 heteroatoms. The number of halogens is 2. The lowest BCUT2D eigenvalue weighted by molar-refractivity contribution is -0.127. The molecule has 3 aromatic rings. The number of ether oxygens (including phenoxy) is 1. The van der Waals surface area contributed by atoms with Crippen LogP contribution in [0, 0.1) is 11.8 Å². The monoisotopic (exact) mass is 535 g/mol. The van der Waals surface area contributed by atoms with Gasteiger partial charge in [0, 0.05) is 20.6 Å². The molecule has 2 heterocycles. The first-order valence-electron chi connectivity index (χ1n) is 10.6. The minimum Gasteiger partial charge on any atom is -0.349 e. The Morgan fingerprint density at radius 2 is 1.38 bits per heavy atom. The molecular weight excluding hydrogens is 522 g/mol. The standard InChI is InChI=1S/C26H15BrClNO5/c27-14-7-5-13(6-8-14)21-19-20(25(33)29(24(19)32)16-11-9-15(28)10-12-16)26(34-21)22(30)17-3-1-2-4-18(17)23(26)31/h1-12,19-21H/t19-,20-,21+/m0/s1. The maximum absolute atomic E-state index is 13.8. The third-order valence-corrected chi connectivity index (χ3v) is 7.58. The fraction of sp³-hybridized carbons (Fsp3) is 0.154. The number of ketones is 2. The Morgan fingerprint density at radius 1 is 0.794 bits per heavy atom. The number of Topliss-reactive ketones (excluding diaryl/α,β-unsaturated/α-hetero) is 2. The molecule has 2 saturated heterocycles. The van der Waals surface area contributed by atoms with E-state index in [1.807, 2.05) is 0 Å². The molecule has 3 aromatic carbocycles. The Kier molecular flexibility index (Phi) is 4.68. The average Bonchev–Trinajstić information content (AvgIpc) is 3.40. The first-order chi connectivity index (χ1) is 16.3. The molecule has 1 spiro atoms. The molecule has 168 valence electrons. The van der Waals surface area contributed by atoms with Crippen LogP contribution in [0.1, 0.15) is 32.4 Å². The number of rotatable bonds is 2. The number of imide groups is 1. The van der Waals surface area contributed by atoms with Gasteiger partial charge in [-0.2, -0.15) is 0 Å². The summed E-state index contributed by atoms with van der Waals surface area (Å²) in [5, 5.41) is 0.451. The van der Waals surface area contributed by atoms with Gasteiger partial charge in [-0.15, -0.1) is 0 Å². The molecule has 0 bridgehead atoms. The molecule has 34 heavy (non-hydrogen) atoms. The third kappa shape index (κ3) is 2.72. The number of carbonyl (C=O) groups is 4. The van der Waals surface area contributed by atoms with Crippen LogP contribution < -0.4 is 4.90 Å². The highest BCUT2D eigenvalue weighted by molar-refractivity contribution is 9.10. The summed E-state index contributed by atoms with van der Waals surface area (Å²) in [4.78, 5) is 55.9. The summed E-state index contributed by atoms with van der Waals surface area (Å²) in [7, 11) is 0. The molecule has 2 amide bonds. The van der Waals surface area contributed by atoms with Crippen LogP contribution in [0.3, 0.4) is 0 Å². The van der Waals surface area contributed by atoms with Crippen LogP contribution in [0.25, 0.3) is 0 Å². The molecule has 2 fully saturated rings. The lowest BCUT2D eigenvalue weighted by Gasteiger charge is -2.27. The maximum Gasteiger partial charge on any atom is 0.241 e. The average molecular weight is 537 g/mol. The highest BCUT2D eigenvalue weighted by atomic mass is 79.9. The van der Waals surface area contributed by atoms with Gasteiger partial charge in [-0.05, 0) is 42.0 Å². The van der Waals surface area contributed by atoms with Crippen molar-refractivity contribution in [1.29, 1.82) is 0 Å². The molecule has 1 aliphatic carbocycles. The molecular formula is C26H15BrClNO5. The van der Waals surface area contributed by atoms with Gasteiger partial charge in [0.05, 0.1) is 23.6 Å². The molecule has 3 aliphatic rings. The zero-order valence-corrected chi connectivity index (χ0v) is 19.7. The van der Waals surface area contributed by atoms with Crippen molar-refractivity contribution in [2.75, 3.05) is 4.90 Å². The van der Waals surface area contributed by atoms with E-state index in [0.717, 1.165) is 9.37 Å². The van der Waals surface area contributed by atoms with Gasteiger partial charge in [-0.3, -0.25) is 19.2 Å². The molecule has 0 unspecified atom stereocenters. The van der Waals surface area contributed by atoms with Gasteiger partial charge in [0.2, 0.25) is 29.0 Å². The maximum atomic E-state index is 13.8. The van der Waals surface area contributed by atoms with Crippen LogP contribution in [0.15, 0.2) is 77.3 Å². The van der Waals surface area contributed by atoms with E-state index in [0.29, 0.717) is 16.3 Å². The van der Waals surface area contributed by atoms with E-state index >= 15 is 0 Å². The molecule has 6 rings (SSSR count). The van der Waals surface area contributed by atoms with Crippen molar-refractivity contribution in [3.63, 3.8) is 0 Å². The van der Waals surface area contributed by atoms with Gasteiger partial charge in [-0.1, -0.05) is 63.9 Å². The summed E-state index contributed by atoms with van der Waals surface area (Å²) in [5.41, 5.74) is -0.750. The van der Waals surface area contributed by atoms with Crippen molar-refractivity contribution in [3.05, 3.63) is 99.0 Å². The zero-order valence-electron chi connectivity index (χ0n) is 17.4. The normalized spacial score (nSPS) is 24.8. The van der Waals surface area contributed by atoms with Crippen LogP contribution in [-0.4, -0.2) is 29.0 Å². The molecule has 6 nitrogen and oxygen atoms in total. The molecule has 0 radical (unpaired) electrons. The van der Waals surface area contributed by atoms with Gasteiger partial charge < -0.3 is 4.74 Å². The smallest absolute Gasteiger partial charge is 0.241 e. The van der Waals surface area contributed by atoms with Crippen LogP contribution >= 0.6 is 27.5 Å². The van der Waals surface area contributed by atoms with Crippen LogP contribution in [-0.2, 0) is 14.3 Å². The molecule has 2 aliphatic heterocycles. The number of hydrogen-bond donors (Lipinski definition) is 0. The first kappa shape index (κ1) is 21.4. The fourth-order valence-corrected chi connectivity index (χ4v) is 5.71. The predicted molar refractivity (Wildman–Crippen MR) is 127 cm³/mol. The Morgan fingerprint density at radius 3 is 1.97 bits per heavy atom. The summed E-state index contributed by atoms with van der Waals surface area (Å²) in [6.07, 6.45) is -0.950. The first-order valence-corrected chi connectivity index (χ1v) is 11.8. The molecule has 0 saturated carbocycles. The second-order valence-corrected chi connectivity index (χ2v) is 9.87. The summed E-state index contributed by atoms with van der Waals surface area (Å²) < 4.78 is 7.07. The minimum absolute atomic E-state index is 0.202. The predicted octanol–water partition coefficient (Wildman–Crippen LogP) is 4.80. The van der Waals surface area contributed by atoms with Crippen molar-refractivity contribution in [2.24, 2.45) is 11.8 Å². The number of amides is 2. The van der Waals surface area contributed by atoms with E-state index < -0.39 is 46.9 Å². The number of carbonyl (C=O) groups excluding carboxylic acids is 4. The topological polar surface area (TPSA) is 80.8 Å². The van der Waals surface area contributed by atoms with Gasteiger partial charge in [0.15, 0.2) is 0 Å². The van der Waals surface area contributed by atoms with Crippen molar-refractivity contribution in [1.82, 2.24) is 0 Å². The van der Waals surface area contributed by atoms with Crippen molar-refractivity contribution >= 4 is 56.6 Å². The summed E-state index contributed by atoms with van der Waals surface area (Å²) in [6, 6.07) is 19.8. The number of hydrogen-bond acceptors (Lipinski definition) is 5. The second-order valence-electron chi connectivity index (χ2n) is 8.52. The highest BCUT2D eigenvalue weighted by Crippen LogP contribution is 2.57. The zero-order chi connectivity index (χ0) is 23.8. The van der Waals surface area contributed by atoms with E-state index in [1.165, 1.54) is 0 Å². The van der Waals surface area contributed by atoms with Crippen molar-refractivity contribution < 1.29 is 23.9 Å². The Bertz CT molecular complexity index is 1370. The number of anilines is 1. The fourth-order valence-electron chi connectivity index (χ4n) is 5.32. The van der Waals surface area contributed by atoms with Gasteiger partial charge in [0.25, 0.3) is 0 Å². The van der Waals surface area contributed by atoms with Crippen LogP contribution in [0.2, 0.25) is 5.02 Å². The van der Waals surface area contributed by atoms with Gasteiger partial charge in [-0.25, -0.2) is 4.90 Å². The van der Waals surface area contributed by atoms with E-state index in [1.54, 1.807) is 72.8 Å². The number of nitrogens with zero attached hydrogens (tertiary/aromatic N) is 1. The van der Waals surface area contributed by atoms with Crippen LogP contribution in [0.5, 0.6) is 0 Å². The van der Waals surface area contributed by atoms with E-state index in [-0.39, 0.29) is 11.1 Å². The lowest BCUT2D eigenvalue weighted by atomic mass is 9.77. The number of benzene rings is 3. The lowest BCUT2D eigenvalue weighted by Crippen LogP contribution is -2.51. The highest BCUT2D eigenvalue weighted by Gasteiger charge is 2.74. The Labute approximate surface area is 207 Å². The summed E-state index contributed by atoms with van der Waals surface area (Å²) >= 11 is 9.38. The summed E-state index contributed by atoms with van der Waals surface area (Å²) in [5.74, 6) is -4.63. The quantitative estimate of drug-likeness (QED) is 0.347. The van der Waals surface area contributed by atoms with Gasteiger partial charge in [0.1, 0.15) is 0 Å². The van der Waals surface area contributed by atoms with E-state index in [2.05, 4.69) is 15.9 Å². The SMILES string of the molecule is O=C1[C@@H]2[C@@H](c3ccc(Br)cc3)OC3(C(=O)c4ccccc4C3=O)[C@@H]2C(=O)N1c1ccc(Cl)cc1. The molecule has 0 aromatic heterocycles. The third-order valence-electron chi connectivity index (χ3n) is 6.80. The van der Waals surface area contributed by atoms with Gasteiger partial charge >= 0.3 is 0 Å². The van der Waals surface area contributed by atoms with E-state index in [9.17, 15) is 19.2 Å². The second kappa shape index (κ2) is 7.43. The Hall–Kier alpha value is -3.13. The van der Waals surface area contributed by atoms with Crippen molar-refractivity contribution in [3.8, 4) is 0 Å². The molecule has 0 N–H and O–H groups in total. The molecule has 3 atom stereocenters. The summed E-state index contributed by atoms with van der Waals surface area (Å²) in [6.45, 7) is 0. The number of fused-ring (bicyclic) bond motifs is 3. The van der Waals surface area contributed by atoms with Crippen LogP contribution in [0.4, 0.5) is 5.69 Å². The Balaban J connectivity index is 1.54. The minimum atomic E-state index is -2.08. The van der Waals surface area contributed by atoms with Crippen molar-refractivity contribution in [2.45, 2.75) is 11.7 Å².